The van der Waals surface area contributed by atoms with E-state index in [9.17, 15) is 25.2 Å². The van der Waals surface area contributed by atoms with Crippen molar-refractivity contribution in [1.82, 2.24) is 5.32 Å². The highest BCUT2D eigenvalue weighted by Gasteiger charge is 2.52. The van der Waals surface area contributed by atoms with Gasteiger partial charge in [-0.3, -0.25) is 4.79 Å². The minimum absolute atomic E-state index is 0.0293. The number of aliphatic hydroxyl groups excluding tert-OH is 4. The van der Waals surface area contributed by atoms with Crippen LogP contribution in [0.15, 0.2) is 12.7 Å². The van der Waals surface area contributed by atoms with Gasteiger partial charge in [0.05, 0.1) is 19.8 Å². The van der Waals surface area contributed by atoms with Crippen LogP contribution in [0.25, 0.3) is 0 Å². The fourth-order valence-electron chi connectivity index (χ4n) is 2.07. The van der Waals surface area contributed by atoms with Gasteiger partial charge in [-0.2, -0.15) is 0 Å². The second-order valence-electron chi connectivity index (χ2n) is 4.97. The Morgan fingerprint density at radius 3 is 2.59 bits per heavy atom. The molecule has 1 amide bonds. The van der Waals surface area contributed by atoms with Gasteiger partial charge in [-0.25, -0.2) is 0 Å². The van der Waals surface area contributed by atoms with Crippen LogP contribution in [0.4, 0.5) is 0 Å². The number of hydrogen-bond donors (Lipinski definition) is 6. The standard InChI is InChI=1S/C13H23NO8/c1-2-9(16)14-4-6-21-5-3-13(20)12(19)11(18)10(17)8(7-15)22-13/h2,8,10-12,15,17-20H,1,3-7H2,(H,14,16)/t8-,10-,11+,12-,13?/m1/s1. The fourth-order valence-corrected chi connectivity index (χ4v) is 2.07. The van der Waals surface area contributed by atoms with Crippen molar-refractivity contribution in [3.05, 3.63) is 12.7 Å². The number of amides is 1. The second kappa shape index (κ2) is 8.53. The maximum absolute atomic E-state index is 10.9. The molecule has 128 valence electrons. The first-order valence-corrected chi connectivity index (χ1v) is 6.89. The van der Waals surface area contributed by atoms with E-state index in [-0.39, 0.29) is 32.1 Å². The predicted octanol–water partition coefficient (Wildman–Crippen LogP) is -3.14. The summed E-state index contributed by atoms with van der Waals surface area (Å²) in [4.78, 5) is 10.9. The highest BCUT2D eigenvalue weighted by Crippen LogP contribution is 2.30. The molecule has 0 spiro atoms. The van der Waals surface area contributed by atoms with Gasteiger partial charge >= 0.3 is 0 Å². The summed E-state index contributed by atoms with van der Waals surface area (Å²) < 4.78 is 10.2. The maximum atomic E-state index is 10.9. The molecule has 0 aliphatic carbocycles. The summed E-state index contributed by atoms with van der Waals surface area (Å²) in [5.74, 6) is -2.48. The Labute approximate surface area is 127 Å². The molecule has 0 radical (unpaired) electrons. The highest BCUT2D eigenvalue weighted by atomic mass is 16.7. The lowest BCUT2D eigenvalue weighted by Crippen LogP contribution is -2.65. The van der Waals surface area contributed by atoms with Gasteiger partial charge in [-0.15, -0.1) is 0 Å². The van der Waals surface area contributed by atoms with E-state index in [1.165, 1.54) is 0 Å². The summed E-state index contributed by atoms with van der Waals surface area (Å²) in [7, 11) is 0. The molecule has 1 aliphatic heterocycles. The molecular formula is C13H23NO8. The lowest BCUT2D eigenvalue weighted by Gasteiger charge is -2.45. The Morgan fingerprint density at radius 1 is 1.32 bits per heavy atom. The molecule has 1 saturated heterocycles. The van der Waals surface area contributed by atoms with E-state index in [4.69, 9.17) is 14.6 Å². The largest absolute Gasteiger partial charge is 0.394 e. The van der Waals surface area contributed by atoms with Crippen LogP contribution in [-0.4, -0.2) is 88.0 Å². The number of nitrogens with one attached hydrogen (secondary N) is 1. The van der Waals surface area contributed by atoms with Crippen molar-refractivity contribution in [2.24, 2.45) is 0 Å². The fraction of sp³-hybridized carbons (Fsp3) is 0.769. The van der Waals surface area contributed by atoms with Gasteiger partial charge in [0, 0.05) is 13.0 Å². The monoisotopic (exact) mass is 321 g/mol. The molecule has 1 fully saturated rings. The molecule has 0 aromatic rings. The smallest absolute Gasteiger partial charge is 0.243 e. The van der Waals surface area contributed by atoms with E-state index in [1.807, 2.05) is 0 Å². The van der Waals surface area contributed by atoms with Gasteiger partial charge < -0.3 is 40.3 Å². The second-order valence-corrected chi connectivity index (χ2v) is 4.97. The number of carbonyl (C=O) groups is 1. The maximum Gasteiger partial charge on any atom is 0.243 e. The van der Waals surface area contributed by atoms with Crippen molar-refractivity contribution in [3.8, 4) is 0 Å². The zero-order valence-electron chi connectivity index (χ0n) is 12.1. The Hall–Kier alpha value is -1.07. The first-order chi connectivity index (χ1) is 10.4. The molecule has 0 saturated carbocycles. The molecule has 1 heterocycles. The molecule has 1 unspecified atom stereocenters. The van der Waals surface area contributed by atoms with Crippen LogP contribution < -0.4 is 5.32 Å². The molecule has 0 aromatic carbocycles. The first-order valence-electron chi connectivity index (χ1n) is 6.89. The summed E-state index contributed by atoms with van der Waals surface area (Å²) in [5.41, 5.74) is 0. The van der Waals surface area contributed by atoms with Crippen LogP contribution in [0.3, 0.4) is 0 Å². The summed E-state index contributed by atoms with van der Waals surface area (Å²) in [6.45, 7) is 3.05. The minimum atomic E-state index is -2.14. The van der Waals surface area contributed by atoms with Crippen molar-refractivity contribution >= 4 is 5.91 Å². The average Bonchev–Trinajstić information content (AvgIpc) is 2.52. The van der Waals surface area contributed by atoms with Gasteiger partial charge in [-0.05, 0) is 6.08 Å². The zero-order chi connectivity index (χ0) is 16.8. The zero-order valence-corrected chi connectivity index (χ0v) is 12.1. The Morgan fingerprint density at radius 2 is 2.00 bits per heavy atom. The highest BCUT2D eigenvalue weighted by molar-refractivity contribution is 5.86. The van der Waals surface area contributed by atoms with Gasteiger partial charge in [0.15, 0.2) is 5.79 Å². The van der Waals surface area contributed by atoms with Gasteiger partial charge in [-0.1, -0.05) is 6.58 Å². The normalized spacial score (nSPS) is 35.1. The van der Waals surface area contributed by atoms with Crippen molar-refractivity contribution in [2.45, 2.75) is 36.6 Å². The van der Waals surface area contributed by atoms with Crippen molar-refractivity contribution in [1.29, 1.82) is 0 Å². The summed E-state index contributed by atoms with van der Waals surface area (Å²) in [6, 6.07) is 0. The topological polar surface area (TPSA) is 149 Å². The number of hydrogen-bond acceptors (Lipinski definition) is 8. The van der Waals surface area contributed by atoms with Crippen LogP contribution in [0.1, 0.15) is 6.42 Å². The van der Waals surface area contributed by atoms with Crippen molar-refractivity contribution < 1.29 is 39.8 Å². The molecule has 6 N–H and O–H groups in total. The van der Waals surface area contributed by atoms with Crippen LogP contribution in [0, 0.1) is 0 Å². The predicted molar refractivity (Wildman–Crippen MR) is 73.6 cm³/mol. The van der Waals surface area contributed by atoms with Gasteiger partial charge in [0.2, 0.25) is 5.91 Å². The van der Waals surface area contributed by atoms with E-state index < -0.39 is 36.8 Å². The number of ether oxygens (including phenoxy) is 2. The quantitative estimate of drug-likeness (QED) is 0.203. The number of carbonyl (C=O) groups excluding carboxylic acids is 1. The van der Waals surface area contributed by atoms with Gasteiger partial charge in [0.25, 0.3) is 0 Å². The first kappa shape index (κ1) is 19.0. The summed E-state index contributed by atoms with van der Waals surface area (Å²) in [5, 5.41) is 50.8. The van der Waals surface area contributed by atoms with Crippen molar-refractivity contribution in [3.63, 3.8) is 0 Å². The molecule has 1 aliphatic rings. The van der Waals surface area contributed by atoms with E-state index in [2.05, 4.69) is 11.9 Å². The van der Waals surface area contributed by atoms with Gasteiger partial charge in [0.1, 0.15) is 24.4 Å². The third-order valence-electron chi connectivity index (χ3n) is 3.39. The summed E-state index contributed by atoms with van der Waals surface area (Å²) in [6.07, 6.45) is -5.18. The molecule has 5 atom stereocenters. The molecule has 0 aromatic heterocycles. The van der Waals surface area contributed by atoms with E-state index in [0.29, 0.717) is 0 Å². The van der Waals surface area contributed by atoms with Crippen LogP contribution in [-0.2, 0) is 14.3 Å². The van der Waals surface area contributed by atoms with Crippen LogP contribution in [0.2, 0.25) is 0 Å². The SMILES string of the molecule is C=CC(=O)NCCOCCC1(O)O[C@H](CO)[C@@H](O)[C@H](O)[C@H]1O. The molecular weight excluding hydrogens is 298 g/mol. The molecule has 9 nitrogen and oxygen atoms in total. The molecule has 22 heavy (non-hydrogen) atoms. The third kappa shape index (κ3) is 4.71. The Balaban J connectivity index is 2.39. The van der Waals surface area contributed by atoms with E-state index in [0.717, 1.165) is 6.08 Å². The molecule has 9 heteroatoms. The third-order valence-corrected chi connectivity index (χ3v) is 3.39. The van der Waals surface area contributed by atoms with Crippen LogP contribution >= 0.6 is 0 Å². The lowest BCUT2D eigenvalue weighted by molar-refractivity contribution is -0.353. The van der Waals surface area contributed by atoms with Crippen molar-refractivity contribution in [2.75, 3.05) is 26.4 Å². The Kier molecular flexibility index (Phi) is 7.36. The number of rotatable bonds is 8. The average molecular weight is 321 g/mol. The number of aliphatic hydroxyl groups is 5. The molecule has 1 rings (SSSR count). The molecule has 0 bridgehead atoms. The Bertz CT molecular complexity index is 377. The van der Waals surface area contributed by atoms with Crippen LogP contribution in [0.5, 0.6) is 0 Å². The van der Waals surface area contributed by atoms with E-state index >= 15 is 0 Å². The van der Waals surface area contributed by atoms with E-state index in [1.54, 1.807) is 0 Å². The minimum Gasteiger partial charge on any atom is -0.394 e. The summed E-state index contributed by atoms with van der Waals surface area (Å²) >= 11 is 0. The lowest BCUT2D eigenvalue weighted by atomic mass is 9.91.